The summed E-state index contributed by atoms with van der Waals surface area (Å²) in [5.74, 6) is 0. The molecule has 2 heteroatoms. The van der Waals surface area contributed by atoms with E-state index in [2.05, 4.69) is 203 Å². The van der Waals surface area contributed by atoms with Gasteiger partial charge in [0, 0.05) is 32.9 Å². The van der Waals surface area contributed by atoms with Gasteiger partial charge in [0.05, 0.1) is 22.1 Å². The smallest absolute Gasteiger partial charge is 0.0541 e. The number of fused-ring (bicyclic) bond motifs is 12. The van der Waals surface area contributed by atoms with Gasteiger partial charge < -0.3 is 9.13 Å². The first kappa shape index (κ1) is 31.7. The van der Waals surface area contributed by atoms with E-state index in [4.69, 9.17) is 0 Å². The number of nitrogens with zero attached hydrogens (tertiary/aromatic N) is 2. The van der Waals surface area contributed by atoms with Crippen LogP contribution in [0.1, 0.15) is 22.3 Å². The van der Waals surface area contributed by atoms with Crippen molar-refractivity contribution in [1.29, 1.82) is 0 Å². The second kappa shape index (κ2) is 12.0. The first-order valence-electron chi connectivity index (χ1n) is 20.3. The van der Waals surface area contributed by atoms with Crippen LogP contribution in [0.3, 0.4) is 0 Å². The maximum atomic E-state index is 2.44. The Morgan fingerprint density at radius 1 is 0.259 bits per heavy atom. The van der Waals surface area contributed by atoms with Gasteiger partial charge in [0.25, 0.3) is 0 Å². The summed E-state index contributed by atoms with van der Waals surface area (Å²) in [7, 11) is 0. The molecule has 2 heterocycles. The molecule has 0 radical (unpaired) electrons. The standard InChI is InChI=1S/C56H36N2/c1-3-14-45-39(10-1)28-41-22-20-35(30-49(41)45)37-24-26-55-51(32-37)47-16-5-7-18-53(47)57(55)43-12-9-13-44(34-43)58-54-19-8-6-17-48(54)52-33-38(25-27-56(52)58)36-21-23-42-29-40-11-2-4-15-46(40)50(42)31-36/h1-27,30-34H,28-29H2. The van der Waals surface area contributed by atoms with E-state index in [0.29, 0.717) is 0 Å². The van der Waals surface area contributed by atoms with Crippen molar-refractivity contribution in [3.63, 3.8) is 0 Å². The molecule has 0 saturated heterocycles. The molecule has 0 aliphatic heterocycles. The molecule has 0 fully saturated rings. The molecule has 2 aliphatic carbocycles. The van der Waals surface area contributed by atoms with Crippen LogP contribution >= 0.6 is 0 Å². The summed E-state index contributed by atoms with van der Waals surface area (Å²) in [6.07, 6.45) is 2.02. The molecule has 9 aromatic carbocycles. The van der Waals surface area contributed by atoms with Crippen molar-refractivity contribution >= 4 is 43.6 Å². The zero-order valence-electron chi connectivity index (χ0n) is 31.8. The van der Waals surface area contributed by atoms with Crippen molar-refractivity contribution in [1.82, 2.24) is 9.13 Å². The first-order valence-corrected chi connectivity index (χ1v) is 20.3. The van der Waals surface area contributed by atoms with Crippen LogP contribution in [0.5, 0.6) is 0 Å². The number of para-hydroxylation sites is 2. The van der Waals surface area contributed by atoms with E-state index in [1.807, 2.05) is 0 Å². The van der Waals surface area contributed by atoms with E-state index in [1.165, 1.54) is 110 Å². The normalized spacial score (nSPS) is 12.7. The Balaban J connectivity index is 0.933. The molecule has 2 nitrogen and oxygen atoms in total. The van der Waals surface area contributed by atoms with Crippen LogP contribution in [0, 0.1) is 0 Å². The van der Waals surface area contributed by atoms with Gasteiger partial charge in [-0.25, -0.2) is 0 Å². The summed E-state index contributed by atoms with van der Waals surface area (Å²) in [5, 5.41) is 5.05. The summed E-state index contributed by atoms with van der Waals surface area (Å²) in [5.41, 5.74) is 23.2. The van der Waals surface area contributed by atoms with Crippen LogP contribution in [0.4, 0.5) is 0 Å². The quantitative estimate of drug-likeness (QED) is 0.170. The Morgan fingerprint density at radius 3 is 1.17 bits per heavy atom. The third-order valence-electron chi connectivity index (χ3n) is 13.0. The molecule has 11 aromatic rings. The predicted octanol–water partition coefficient (Wildman–Crippen LogP) is 14.4. The van der Waals surface area contributed by atoms with Crippen LogP contribution in [0.2, 0.25) is 0 Å². The third kappa shape index (κ3) is 4.60. The summed E-state index contributed by atoms with van der Waals surface area (Å²) >= 11 is 0. The van der Waals surface area contributed by atoms with Gasteiger partial charge in [-0.05, 0) is 146 Å². The van der Waals surface area contributed by atoms with E-state index in [-0.39, 0.29) is 0 Å². The van der Waals surface area contributed by atoms with Crippen molar-refractivity contribution in [2.24, 2.45) is 0 Å². The van der Waals surface area contributed by atoms with Crippen molar-refractivity contribution in [2.45, 2.75) is 12.8 Å². The molecular formula is C56H36N2. The van der Waals surface area contributed by atoms with Crippen LogP contribution in [0.15, 0.2) is 194 Å². The fourth-order valence-corrected chi connectivity index (χ4v) is 10.2. The van der Waals surface area contributed by atoms with Gasteiger partial charge in [-0.3, -0.25) is 0 Å². The zero-order chi connectivity index (χ0) is 37.9. The third-order valence-corrected chi connectivity index (χ3v) is 13.0. The van der Waals surface area contributed by atoms with Gasteiger partial charge in [0.2, 0.25) is 0 Å². The molecule has 0 atom stereocenters. The monoisotopic (exact) mass is 736 g/mol. The average molecular weight is 737 g/mol. The van der Waals surface area contributed by atoms with E-state index < -0.39 is 0 Å². The van der Waals surface area contributed by atoms with Crippen molar-refractivity contribution < 1.29 is 0 Å². The van der Waals surface area contributed by atoms with Gasteiger partial charge >= 0.3 is 0 Å². The zero-order valence-corrected chi connectivity index (χ0v) is 31.8. The molecule has 0 saturated carbocycles. The summed E-state index contributed by atoms with van der Waals surface area (Å²) in [6.45, 7) is 0. The lowest BCUT2D eigenvalue weighted by atomic mass is 9.97. The molecule has 0 unspecified atom stereocenters. The van der Waals surface area contributed by atoms with E-state index in [9.17, 15) is 0 Å². The minimum atomic E-state index is 1.01. The lowest BCUT2D eigenvalue weighted by molar-refractivity contribution is 1.13. The highest BCUT2D eigenvalue weighted by molar-refractivity contribution is 6.12. The van der Waals surface area contributed by atoms with Gasteiger partial charge in [0.1, 0.15) is 0 Å². The van der Waals surface area contributed by atoms with Gasteiger partial charge in [0.15, 0.2) is 0 Å². The highest BCUT2D eigenvalue weighted by atomic mass is 15.0. The Bertz CT molecular complexity index is 3290. The lowest BCUT2D eigenvalue weighted by Gasteiger charge is -2.13. The van der Waals surface area contributed by atoms with E-state index in [1.54, 1.807) is 0 Å². The molecule has 0 bridgehead atoms. The summed E-state index contributed by atoms with van der Waals surface area (Å²) < 4.78 is 4.88. The molecule has 2 aromatic heterocycles. The van der Waals surface area contributed by atoms with Crippen LogP contribution in [-0.2, 0) is 12.8 Å². The minimum Gasteiger partial charge on any atom is -0.309 e. The summed E-state index contributed by atoms with van der Waals surface area (Å²) in [4.78, 5) is 0. The minimum absolute atomic E-state index is 1.01. The highest BCUT2D eigenvalue weighted by Crippen LogP contribution is 2.43. The molecule has 13 rings (SSSR count). The number of hydrogen-bond donors (Lipinski definition) is 0. The Hall–Kier alpha value is -7.42. The largest absolute Gasteiger partial charge is 0.309 e. The Labute approximate surface area is 336 Å². The second-order valence-corrected chi connectivity index (χ2v) is 16.1. The molecule has 58 heavy (non-hydrogen) atoms. The predicted molar refractivity (Wildman–Crippen MR) is 242 cm³/mol. The molecule has 0 N–H and O–H groups in total. The summed E-state index contributed by atoms with van der Waals surface area (Å²) in [6, 6.07) is 72.5. The van der Waals surface area contributed by atoms with Gasteiger partial charge in [-0.2, -0.15) is 0 Å². The SMILES string of the molecule is c1cc(-n2c3ccccc3c3cc(-c4ccc5c(c4)-c4ccccc4C5)ccc32)cc(-n2c3ccccc3c3cc(-c4ccc5c(c4)-c4ccccc4C5)ccc32)c1. The van der Waals surface area contributed by atoms with E-state index in [0.717, 1.165) is 24.2 Å². The lowest BCUT2D eigenvalue weighted by Crippen LogP contribution is -1.98. The fourth-order valence-electron chi connectivity index (χ4n) is 10.2. The highest BCUT2D eigenvalue weighted by Gasteiger charge is 2.21. The van der Waals surface area contributed by atoms with Crippen molar-refractivity contribution in [3.8, 4) is 55.9 Å². The number of hydrogen-bond acceptors (Lipinski definition) is 0. The molecule has 270 valence electrons. The maximum absolute atomic E-state index is 2.44. The van der Waals surface area contributed by atoms with E-state index >= 15 is 0 Å². The first-order chi connectivity index (χ1) is 28.7. The van der Waals surface area contributed by atoms with Gasteiger partial charge in [-0.15, -0.1) is 0 Å². The average Bonchev–Trinajstić information content (AvgIpc) is 4.03. The molecule has 0 amide bonds. The van der Waals surface area contributed by atoms with Crippen LogP contribution in [0.25, 0.3) is 99.5 Å². The maximum Gasteiger partial charge on any atom is 0.0541 e. The number of benzene rings is 9. The Morgan fingerprint density at radius 2 is 0.655 bits per heavy atom. The Kier molecular flexibility index (Phi) is 6.59. The second-order valence-electron chi connectivity index (χ2n) is 16.1. The van der Waals surface area contributed by atoms with Crippen molar-refractivity contribution in [2.75, 3.05) is 0 Å². The van der Waals surface area contributed by atoms with Gasteiger partial charge in [-0.1, -0.05) is 127 Å². The van der Waals surface area contributed by atoms with Crippen molar-refractivity contribution in [3.05, 3.63) is 216 Å². The van der Waals surface area contributed by atoms with Crippen LogP contribution < -0.4 is 0 Å². The fraction of sp³-hybridized carbons (Fsp3) is 0.0357. The molecular weight excluding hydrogens is 701 g/mol. The topological polar surface area (TPSA) is 9.86 Å². The molecule has 2 aliphatic rings. The number of rotatable bonds is 4. The molecule has 0 spiro atoms. The number of aromatic nitrogens is 2. The van der Waals surface area contributed by atoms with Crippen LogP contribution in [-0.4, -0.2) is 9.13 Å².